The highest BCUT2D eigenvalue weighted by atomic mass is 32.2. The van der Waals surface area contributed by atoms with Gasteiger partial charge in [0, 0.05) is 47.4 Å². The predicted molar refractivity (Wildman–Crippen MR) is 235 cm³/mol. The minimum Gasteiger partial charge on any atom is -0.475 e. The Morgan fingerprint density at radius 2 is 1.05 bits per heavy atom. The second-order valence-corrected chi connectivity index (χ2v) is 13.9. The van der Waals surface area contributed by atoms with Crippen LogP contribution < -0.4 is 17.2 Å². The van der Waals surface area contributed by atoms with Crippen molar-refractivity contribution in [2.75, 3.05) is 11.5 Å². The zero-order valence-corrected chi connectivity index (χ0v) is 34.4. The van der Waals surface area contributed by atoms with Crippen molar-refractivity contribution in [3.8, 4) is 46.5 Å². The Labute approximate surface area is 370 Å². The van der Waals surface area contributed by atoms with Crippen molar-refractivity contribution < 1.29 is 23.1 Å². The van der Waals surface area contributed by atoms with Crippen LogP contribution in [0.1, 0.15) is 39.1 Å². The molecule has 7 aromatic rings. The lowest BCUT2D eigenvalue weighted by molar-refractivity contribution is -0.192. The number of aromatic nitrogens is 4. The number of nitriles is 4. The number of anilines is 2. The summed E-state index contributed by atoms with van der Waals surface area (Å²) in [6.07, 6.45) is 3.16. The van der Waals surface area contributed by atoms with Crippen LogP contribution >= 0.6 is 11.8 Å². The van der Waals surface area contributed by atoms with Gasteiger partial charge in [-0.05, 0) is 59.4 Å². The minimum absolute atomic E-state index is 0.133. The van der Waals surface area contributed by atoms with E-state index in [1.165, 1.54) is 11.8 Å². The number of hydrogen-bond donors (Lipinski definition) is 4. The Kier molecular flexibility index (Phi) is 18.0. The molecule has 0 amide bonds. The highest BCUT2D eigenvalue weighted by Crippen LogP contribution is 2.38. The van der Waals surface area contributed by atoms with E-state index in [0.717, 1.165) is 27.1 Å². The van der Waals surface area contributed by atoms with E-state index in [9.17, 15) is 34.2 Å². The summed E-state index contributed by atoms with van der Waals surface area (Å²) in [5.41, 5.74) is 23.9. The van der Waals surface area contributed by atoms with Gasteiger partial charge >= 0.3 is 12.1 Å². The maximum absolute atomic E-state index is 10.6. The number of nitrogens with zero attached hydrogens (tertiary/aromatic N) is 8. The van der Waals surface area contributed by atoms with Crippen LogP contribution in [0.2, 0.25) is 0 Å². The van der Waals surface area contributed by atoms with Gasteiger partial charge in [-0.1, -0.05) is 103 Å². The van der Waals surface area contributed by atoms with E-state index in [1.54, 1.807) is 24.8 Å². The van der Waals surface area contributed by atoms with E-state index in [0.29, 0.717) is 52.4 Å². The zero-order valence-electron chi connectivity index (χ0n) is 33.6. The summed E-state index contributed by atoms with van der Waals surface area (Å²) in [6.45, 7) is 0.577. The third-order valence-electron chi connectivity index (χ3n) is 8.60. The first kappa shape index (κ1) is 48.1. The summed E-state index contributed by atoms with van der Waals surface area (Å²) < 4.78 is 31.7. The summed E-state index contributed by atoms with van der Waals surface area (Å²) in [6, 6.07) is 44.5. The molecule has 64 heavy (non-hydrogen) atoms. The normalized spacial score (nSPS) is 10.0. The second kappa shape index (κ2) is 24.0. The Balaban J connectivity index is 0.000000213. The van der Waals surface area contributed by atoms with Crippen LogP contribution in [-0.4, -0.2) is 37.2 Å². The summed E-state index contributed by atoms with van der Waals surface area (Å²) in [4.78, 5) is 26.4. The standard InChI is InChI=1S/C20H15N5.C19H12N4S.C6H8N2.C2HF3O2/c21-11-16-18(9-8-14-5-4-10-24-13-14)25-20(23)17(12-22)19(16)15-6-2-1-3-7-15;20-11-15-17(13-7-3-1-4-8-13)16(12-21)19(23-18(15)22)24-14-9-5-2-6-10-14;7-4-6-2-1-3-8-5-6;3-2(4,5)1(6)7/h1-7,10,13H,8-9H2,(H2,23,25);1-10H,(H2,22,23);1-3,5H,4,7H2;(H,6,7). The molecular weight excluding hydrogens is 840 g/mol. The number of benzene rings is 3. The largest absolute Gasteiger partial charge is 0.490 e. The SMILES string of the molecule is N#Cc1c(N)nc(CCc2cccnc2)c(C#N)c1-c1ccccc1.N#Cc1c(N)nc(Sc2ccccc2)c(C#N)c1-c1ccccc1.NCc1cccnc1.O=C(O)C(F)(F)F. The van der Waals surface area contributed by atoms with E-state index in [1.807, 2.05) is 115 Å². The van der Waals surface area contributed by atoms with Crippen LogP contribution in [0.4, 0.5) is 24.8 Å². The van der Waals surface area contributed by atoms with Gasteiger partial charge in [0.05, 0.1) is 16.8 Å². The fraction of sp³-hybridized carbons (Fsp3) is 0.0851. The number of hydrogen-bond acceptors (Lipinski definition) is 13. The van der Waals surface area contributed by atoms with E-state index in [4.69, 9.17) is 27.1 Å². The maximum Gasteiger partial charge on any atom is 0.490 e. The lowest BCUT2D eigenvalue weighted by Crippen LogP contribution is -2.21. The molecule has 0 saturated carbocycles. The van der Waals surface area contributed by atoms with E-state index < -0.39 is 12.1 Å². The quantitative estimate of drug-likeness (QED) is 0.111. The maximum atomic E-state index is 10.6. The van der Waals surface area contributed by atoms with Gasteiger partial charge < -0.3 is 22.3 Å². The number of nitrogen functional groups attached to an aromatic ring is 2. The van der Waals surface area contributed by atoms with Gasteiger partial charge in [0.25, 0.3) is 0 Å². The molecule has 0 bridgehead atoms. The van der Waals surface area contributed by atoms with E-state index in [-0.39, 0.29) is 22.8 Å². The third-order valence-corrected chi connectivity index (χ3v) is 9.59. The average Bonchev–Trinajstić information content (AvgIpc) is 3.32. The minimum atomic E-state index is -5.08. The molecule has 0 unspecified atom stereocenters. The van der Waals surface area contributed by atoms with Crippen molar-refractivity contribution in [3.63, 3.8) is 0 Å². The number of carbonyl (C=O) groups is 1. The molecule has 0 aliphatic rings. The summed E-state index contributed by atoms with van der Waals surface area (Å²) in [7, 11) is 0. The molecular formula is C47H36F3N11O2S. The van der Waals surface area contributed by atoms with Crippen molar-refractivity contribution >= 4 is 29.4 Å². The van der Waals surface area contributed by atoms with Gasteiger partial charge in [-0.15, -0.1) is 0 Å². The monoisotopic (exact) mass is 875 g/mol. The first-order valence-electron chi connectivity index (χ1n) is 18.7. The topological polar surface area (TPSA) is 262 Å². The average molecular weight is 876 g/mol. The summed E-state index contributed by atoms with van der Waals surface area (Å²) in [5, 5.41) is 46.0. The smallest absolute Gasteiger partial charge is 0.475 e. The molecule has 7 N–H and O–H groups in total. The van der Waals surface area contributed by atoms with Crippen LogP contribution in [0, 0.1) is 45.3 Å². The first-order valence-corrected chi connectivity index (χ1v) is 19.6. The first-order chi connectivity index (χ1) is 30.9. The zero-order chi connectivity index (χ0) is 46.5. The molecule has 4 heterocycles. The Morgan fingerprint density at radius 3 is 1.45 bits per heavy atom. The summed E-state index contributed by atoms with van der Waals surface area (Å²) in [5.74, 6) is -2.47. The molecule has 17 heteroatoms. The molecule has 7 rings (SSSR count). The van der Waals surface area contributed by atoms with Crippen molar-refractivity contribution in [1.29, 1.82) is 21.0 Å². The van der Waals surface area contributed by atoms with Crippen LogP contribution in [0.15, 0.2) is 150 Å². The van der Waals surface area contributed by atoms with Crippen molar-refractivity contribution in [3.05, 3.63) is 179 Å². The third kappa shape index (κ3) is 13.4. The number of aliphatic carboxylic acids is 1. The number of carboxylic acids is 1. The van der Waals surface area contributed by atoms with Crippen LogP contribution in [0.25, 0.3) is 22.3 Å². The molecule has 13 nitrogen and oxygen atoms in total. The highest BCUT2D eigenvalue weighted by molar-refractivity contribution is 7.99. The molecule has 0 spiro atoms. The van der Waals surface area contributed by atoms with Crippen molar-refractivity contribution in [2.24, 2.45) is 5.73 Å². The number of halogens is 3. The van der Waals surface area contributed by atoms with Gasteiger partial charge in [-0.3, -0.25) is 9.97 Å². The molecule has 318 valence electrons. The van der Waals surface area contributed by atoms with Gasteiger partial charge in [0.2, 0.25) is 0 Å². The van der Waals surface area contributed by atoms with Crippen molar-refractivity contribution in [2.45, 2.75) is 35.5 Å². The van der Waals surface area contributed by atoms with Gasteiger partial charge in [-0.2, -0.15) is 34.2 Å². The van der Waals surface area contributed by atoms with Crippen LogP contribution in [-0.2, 0) is 24.2 Å². The molecule has 0 aliphatic carbocycles. The molecule has 0 radical (unpaired) electrons. The number of carboxylic acid groups (broad SMARTS) is 1. The Morgan fingerprint density at radius 1 is 0.609 bits per heavy atom. The van der Waals surface area contributed by atoms with Crippen molar-refractivity contribution in [1.82, 2.24) is 19.9 Å². The molecule has 4 aromatic heterocycles. The lowest BCUT2D eigenvalue weighted by Gasteiger charge is -2.13. The summed E-state index contributed by atoms with van der Waals surface area (Å²) >= 11 is 1.36. The Hall–Kier alpha value is -8.61. The van der Waals surface area contributed by atoms with Gasteiger partial charge in [0.1, 0.15) is 52.1 Å². The fourth-order valence-electron chi connectivity index (χ4n) is 5.66. The number of pyridine rings is 4. The molecule has 0 aliphatic heterocycles. The highest BCUT2D eigenvalue weighted by Gasteiger charge is 2.38. The Bertz CT molecular complexity index is 2810. The fourth-order valence-corrected chi connectivity index (χ4v) is 6.57. The van der Waals surface area contributed by atoms with Gasteiger partial charge in [0.15, 0.2) is 0 Å². The number of nitrogens with two attached hydrogens (primary N) is 3. The number of alkyl halides is 3. The second-order valence-electron chi connectivity index (χ2n) is 12.8. The molecule has 0 atom stereocenters. The van der Waals surface area contributed by atoms with Gasteiger partial charge in [-0.25, -0.2) is 14.8 Å². The predicted octanol–water partition coefficient (Wildman–Crippen LogP) is 8.65. The van der Waals surface area contributed by atoms with E-state index in [2.05, 4.69) is 44.2 Å². The lowest BCUT2D eigenvalue weighted by atomic mass is 9.93. The van der Waals surface area contributed by atoms with Crippen LogP contribution in [0.5, 0.6) is 0 Å². The molecule has 3 aromatic carbocycles. The van der Waals surface area contributed by atoms with E-state index >= 15 is 0 Å². The molecule has 0 saturated heterocycles. The molecule has 0 fully saturated rings. The van der Waals surface area contributed by atoms with Crippen LogP contribution in [0.3, 0.4) is 0 Å². The number of rotatable bonds is 8. The number of aryl methyl sites for hydroxylation is 2.